The van der Waals surface area contributed by atoms with E-state index in [2.05, 4.69) is 29.4 Å². The maximum atomic E-state index is 5.04. The number of nitrogens with one attached hydrogen (secondary N) is 1. The number of piperidine rings is 1. The third-order valence-electron chi connectivity index (χ3n) is 5.49. The first-order valence-corrected chi connectivity index (χ1v) is 9.52. The van der Waals surface area contributed by atoms with Crippen LogP contribution < -0.4 is 5.32 Å². The molecule has 1 aliphatic carbocycles. The smallest absolute Gasteiger partial charge is 0.113 e. The number of hydrogen-bond donors (Lipinski definition) is 1. The van der Waals surface area contributed by atoms with E-state index < -0.39 is 0 Å². The Labute approximate surface area is 132 Å². The zero-order valence-electron chi connectivity index (χ0n) is 13.3. The quantitative estimate of drug-likeness (QED) is 0.923. The first-order chi connectivity index (χ1) is 10.2. The summed E-state index contributed by atoms with van der Waals surface area (Å²) >= 11 is 1.90. The summed E-state index contributed by atoms with van der Waals surface area (Å²) in [5, 5.41) is 7.66. The monoisotopic (exact) mass is 305 g/mol. The molecule has 2 unspecified atom stereocenters. The third-order valence-corrected chi connectivity index (χ3v) is 6.55. The van der Waals surface area contributed by atoms with Gasteiger partial charge in [-0.1, -0.05) is 13.8 Å². The van der Waals surface area contributed by atoms with Crippen molar-refractivity contribution in [1.82, 2.24) is 15.2 Å². The molecule has 2 atom stereocenters. The van der Waals surface area contributed by atoms with Crippen molar-refractivity contribution >= 4 is 11.3 Å². The van der Waals surface area contributed by atoms with Gasteiger partial charge in [-0.25, -0.2) is 4.98 Å². The van der Waals surface area contributed by atoms with E-state index in [-0.39, 0.29) is 5.54 Å². The third kappa shape index (κ3) is 2.66. The van der Waals surface area contributed by atoms with Crippen LogP contribution in [0.4, 0.5) is 0 Å². The van der Waals surface area contributed by atoms with Crippen LogP contribution in [0.1, 0.15) is 69.0 Å². The topological polar surface area (TPSA) is 28.2 Å². The van der Waals surface area contributed by atoms with Gasteiger partial charge in [-0.3, -0.25) is 0 Å². The van der Waals surface area contributed by atoms with Crippen LogP contribution in [-0.4, -0.2) is 35.1 Å². The molecular weight excluding hydrogens is 278 g/mol. The van der Waals surface area contributed by atoms with E-state index in [0.717, 1.165) is 12.1 Å². The standard InChI is InChI=1S/C17H27N3S/c1-12(2)15-11-21-16(18-15)17(19-13-5-6-13)7-9-20-8-3-4-14(20)10-17/h11-14,19H,3-10H2,1-2H3. The van der Waals surface area contributed by atoms with Crippen molar-refractivity contribution in [3.8, 4) is 0 Å². The fourth-order valence-electron chi connectivity index (χ4n) is 4.04. The molecule has 116 valence electrons. The van der Waals surface area contributed by atoms with Crippen molar-refractivity contribution in [3.63, 3.8) is 0 Å². The largest absolute Gasteiger partial charge is 0.303 e. The van der Waals surface area contributed by atoms with Gasteiger partial charge in [0.05, 0.1) is 11.2 Å². The van der Waals surface area contributed by atoms with E-state index >= 15 is 0 Å². The fourth-order valence-corrected chi connectivity index (χ4v) is 5.22. The molecule has 1 aromatic rings. The van der Waals surface area contributed by atoms with Gasteiger partial charge in [0.2, 0.25) is 0 Å². The Kier molecular flexibility index (Phi) is 3.59. The second kappa shape index (κ2) is 5.32. The van der Waals surface area contributed by atoms with Crippen molar-refractivity contribution in [1.29, 1.82) is 0 Å². The van der Waals surface area contributed by atoms with Gasteiger partial charge in [-0.2, -0.15) is 0 Å². The SMILES string of the molecule is CC(C)c1csc(C2(NC3CC3)CCN3CCCC3C2)n1. The summed E-state index contributed by atoms with van der Waals surface area (Å²) < 4.78 is 0. The van der Waals surface area contributed by atoms with E-state index in [4.69, 9.17) is 4.98 Å². The molecule has 2 aliphatic heterocycles. The minimum Gasteiger partial charge on any atom is -0.303 e. The zero-order chi connectivity index (χ0) is 14.4. The van der Waals surface area contributed by atoms with Crippen LogP contribution in [0.5, 0.6) is 0 Å². The highest BCUT2D eigenvalue weighted by atomic mass is 32.1. The van der Waals surface area contributed by atoms with Gasteiger partial charge in [0, 0.05) is 24.0 Å². The maximum absolute atomic E-state index is 5.04. The van der Waals surface area contributed by atoms with Crippen molar-refractivity contribution in [2.24, 2.45) is 0 Å². The van der Waals surface area contributed by atoms with Crippen LogP contribution >= 0.6 is 11.3 Å². The van der Waals surface area contributed by atoms with Crippen LogP contribution in [0.3, 0.4) is 0 Å². The lowest BCUT2D eigenvalue weighted by Gasteiger charge is -2.44. The first kappa shape index (κ1) is 14.2. The molecule has 1 saturated carbocycles. The van der Waals surface area contributed by atoms with Crippen LogP contribution in [0.25, 0.3) is 0 Å². The predicted octanol–water partition coefficient (Wildman–Crippen LogP) is 3.47. The average molecular weight is 305 g/mol. The fraction of sp³-hybridized carbons (Fsp3) is 0.824. The lowest BCUT2D eigenvalue weighted by Crippen LogP contribution is -2.54. The number of aromatic nitrogens is 1. The lowest BCUT2D eigenvalue weighted by atomic mass is 9.83. The van der Waals surface area contributed by atoms with Crippen LogP contribution in [0.2, 0.25) is 0 Å². The second-order valence-corrected chi connectivity index (χ2v) is 8.38. The van der Waals surface area contributed by atoms with E-state index in [9.17, 15) is 0 Å². The van der Waals surface area contributed by atoms with Crippen molar-refractivity contribution in [2.45, 2.75) is 75.9 Å². The number of hydrogen-bond acceptors (Lipinski definition) is 4. The number of thiazole rings is 1. The summed E-state index contributed by atoms with van der Waals surface area (Å²) in [6.07, 6.45) is 8.01. The Morgan fingerprint density at radius 2 is 2.19 bits per heavy atom. The Bertz CT molecular complexity index is 508. The summed E-state index contributed by atoms with van der Waals surface area (Å²) in [5.41, 5.74) is 1.45. The molecule has 2 saturated heterocycles. The molecule has 3 fully saturated rings. The highest BCUT2D eigenvalue weighted by molar-refractivity contribution is 7.09. The Morgan fingerprint density at radius 1 is 1.33 bits per heavy atom. The normalized spacial score (nSPS) is 33.6. The summed E-state index contributed by atoms with van der Waals surface area (Å²) in [6, 6.07) is 1.54. The summed E-state index contributed by atoms with van der Waals surface area (Å²) in [6.45, 7) is 7.07. The Balaban J connectivity index is 1.62. The molecule has 0 aromatic carbocycles. The minimum absolute atomic E-state index is 0.171. The van der Waals surface area contributed by atoms with E-state index in [1.165, 1.54) is 62.3 Å². The number of rotatable bonds is 4. The maximum Gasteiger partial charge on any atom is 0.113 e. The molecule has 21 heavy (non-hydrogen) atoms. The molecule has 0 spiro atoms. The molecule has 0 amide bonds. The van der Waals surface area contributed by atoms with Crippen molar-refractivity contribution in [2.75, 3.05) is 13.1 Å². The molecule has 3 nitrogen and oxygen atoms in total. The van der Waals surface area contributed by atoms with Gasteiger partial charge >= 0.3 is 0 Å². The highest BCUT2D eigenvalue weighted by Crippen LogP contribution is 2.43. The van der Waals surface area contributed by atoms with Crippen molar-refractivity contribution in [3.05, 3.63) is 16.1 Å². The lowest BCUT2D eigenvalue weighted by molar-refractivity contribution is 0.103. The minimum atomic E-state index is 0.171. The van der Waals surface area contributed by atoms with Crippen LogP contribution in [-0.2, 0) is 5.54 Å². The summed E-state index contributed by atoms with van der Waals surface area (Å²) in [7, 11) is 0. The van der Waals surface area contributed by atoms with Gasteiger partial charge < -0.3 is 10.2 Å². The van der Waals surface area contributed by atoms with Gasteiger partial charge in [-0.05, 0) is 51.0 Å². The number of nitrogens with zero attached hydrogens (tertiary/aromatic N) is 2. The van der Waals surface area contributed by atoms with E-state index in [1.54, 1.807) is 0 Å². The van der Waals surface area contributed by atoms with Crippen LogP contribution in [0, 0.1) is 0 Å². The average Bonchev–Trinajstić information content (AvgIpc) is 2.97. The second-order valence-electron chi connectivity index (χ2n) is 7.52. The zero-order valence-corrected chi connectivity index (χ0v) is 14.1. The predicted molar refractivity (Wildman–Crippen MR) is 87.9 cm³/mol. The molecule has 3 heterocycles. The molecular formula is C17H27N3S. The van der Waals surface area contributed by atoms with Gasteiger partial charge in [0.15, 0.2) is 0 Å². The Hall–Kier alpha value is -0.450. The molecule has 0 bridgehead atoms. The van der Waals surface area contributed by atoms with Crippen molar-refractivity contribution < 1.29 is 0 Å². The molecule has 1 aromatic heterocycles. The van der Waals surface area contributed by atoms with E-state index in [1.807, 2.05) is 11.3 Å². The van der Waals surface area contributed by atoms with Crippen LogP contribution in [0.15, 0.2) is 5.38 Å². The van der Waals surface area contributed by atoms with E-state index in [0.29, 0.717) is 5.92 Å². The molecule has 0 radical (unpaired) electrons. The Morgan fingerprint density at radius 3 is 2.90 bits per heavy atom. The highest BCUT2D eigenvalue weighted by Gasteiger charge is 2.46. The molecule has 4 rings (SSSR count). The van der Waals surface area contributed by atoms with Gasteiger partial charge in [0.25, 0.3) is 0 Å². The molecule has 3 aliphatic rings. The number of fused-ring (bicyclic) bond motifs is 1. The molecule has 1 N–H and O–H groups in total. The summed E-state index contributed by atoms with van der Waals surface area (Å²) in [5.74, 6) is 0.541. The van der Waals surface area contributed by atoms with Gasteiger partial charge in [0.1, 0.15) is 5.01 Å². The summed E-state index contributed by atoms with van der Waals surface area (Å²) in [4.78, 5) is 7.75. The van der Waals surface area contributed by atoms with Gasteiger partial charge in [-0.15, -0.1) is 11.3 Å². The first-order valence-electron chi connectivity index (χ1n) is 8.64. The molecule has 4 heteroatoms.